The zero-order valence-electron chi connectivity index (χ0n) is 14.9. The van der Waals surface area contributed by atoms with Crippen molar-refractivity contribution in [3.63, 3.8) is 0 Å². The Labute approximate surface area is 163 Å². The second-order valence-electron chi connectivity index (χ2n) is 7.03. The molecule has 0 bridgehead atoms. The molecule has 7 nitrogen and oxygen atoms in total. The molecule has 9 heteroatoms. The Morgan fingerprint density at radius 2 is 2.00 bits per heavy atom. The summed E-state index contributed by atoms with van der Waals surface area (Å²) in [6.45, 7) is 1.93. The number of rotatable bonds is 4. The number of aromatic hydroxyl groups is 1. The van der Waals surface area contributed by atoms with Gasteiger partial charge in [-0.15, -0.1) is 0 Å². The minimum atomic E-state index is -4.05. The average molecular weight is 415 g/mol. The van der Waals surface area contributed by atoms with Gasteiger partial charge in [0.1, 0.15) is 4.90 Å². The molecule has 0 aromatic heterocycles. The number of carbonyl (C=O) groups excluding carboxylic acids is 1. The van der Waals surface area contributed by atoms with Crippen molar-refractivity contribution in [2.75, 3.05) is 5.32 Å². The second kappa shape index (κ2) is 7.69. The van der Waals surface area contributed by atoms with Gasteiger partial charge in [-0.1, -0.05) is 23.3 Å². The van der Waals surface area contributed by atoms with Gasteiger partial charge in [0, 0.05) is 0 Å². The van der Waals surface area contributed by atoms with Crippen LogP contribution in [0.25, 0.3) is 0 Å². The molecule has 1 fully saturated rings. The predicted molar refractivity (Wildman–Crippen MR) is 103 cm³/mol. The van der Waals surface area contributed by atoms with Gasteiger partial charge in [-0.05, 0) is 51.2 Å². The molecule has 0 aliphatic heterocycles. The number of anilines is 1. The van der Waals surface area contributed by atoms with Crippen LogP contribution in [0.15, 0.2) is 28.7 Å². The minimum Gasteiger partial charge on any atom is -0.504 e. The number of aliphatic hydroxyl groups is 1. The van der Waals surface area contributed by atoms with E-state index in [2.05, 4.69) is 10.6 Å². The van der Waals surface area contributed by atoms with Crippen molar-refractivity contribution in [3.05, 3.63) is 28.8 Å². The van der Waals surface area contributed by atoms with Gasteiger partial charge >= 0.3 is 6.03 Å². The van der Waals surface area contributed by atoms with E-state index in [1.54, 1.807) is 0 Å². The first-order valence-corrected chi connectivity index (χ1v) is 10.8. The number of nitrogens with one attached hydrogen (secondary N) is 2. The SMILES string of the molecule is CC1=CCC[C@H]1NC(=O)Nc1ccc(Cl)c(S(=O)(=O)[C@H]2CCC[C@@H]2O)c1O. The van der Waals surface area contributed by atoms with Crippen LogP contribution >= 0.6 is 11.6 Å². The van der Waals surface area contributed by atoms with Crippen LogP contribution in [-0.4, -0.2) is 42.1 Å². The van der Waals surface area contributed by atoms with Crippen molar-refractivity contribution in [1.82, 2.24) is 5.32 Å². The lowest BCUT2D eigenvalue weighted by atomic mass is 10.2. The molecule has 3 atom stereocenters. The van der Waals surface area contributed by atoms with E-state index < -0.39 is 37.9 Å². The van der Waals surface area contributed by atoms with Gasteiger partial charge in [-0.25, -0.2) is 13.2 Å². The summed E-state index contributed by atoms with van der Waals surface area (Å²) in [6.07, 6.45) is 3.99. The van der Waals surface area contributed by atoms with E-state index in [9.17, 15) is 23.4 Å². The highest BCUT2D eigenvalue weighted by molar-refractivity contribution is 7.92. The van der Waals surface area contributed by atoms with Gasteiger partial charge in [0.15, 0.2) is 15.6 Å². The van der Waals surface area contributed by atoms with Gasteiger partial charge in [-0.3, -0.25) is 0 Å². The van der Waals surface area contributed by atoms with Crippen LogP contribution in [-0.2, 0) is 9.84 Å². The minimum absolute atomic E-state index is 0.0532. The van der Waals surface area contributed by atoms with Crippen LogP contribution in [0.3, 0.4) is 0 Å². The Kier molecular flexibility index (Phi) is 5.69. The fourth-order valence-corrected chi connectivity index (χ4v) is 6.21. The molecule has 0 spiro atoms. The molecular formula is C18H23ClN2O5S. The smallest absolute Gasteiger partial charge is 0.319 e. The Morgan fingerprint density at radius 1 is 1.26 bits per heavy atom. The van der Waals surface area contributed by atoms with Crippen molar-refractivity contribution in [1.29, 1.82) is 0 Å². The molecule has 0 heterocycles. The number of hydrogen-bond acceptors (Lipinski definition) is 5. The molecular weight excluding hydrogens is 392 g/mol. The molecule has 3 rings (SSSR count). The summed E-state index contributed by atoms with van der Waals surface area (Å²) in [5.41, 5.74) is 1.01. The highest BCUT2D eigenvalue weighted by Gasteiger charge is 2.40. The first-order chi connectivity index (χ1) is 12.7. The van der Waals surface area contributed by atoms with Crippen LogP contribution in [0.2, 0.25) is 5.02 Å². The van der Waals surface area contributed by atoms with Gasteiger partial charge in [0.25, 0.3) is 0 Å². The van der Waals surface area contributed by atoms with Crippen molar-refractivity contribution in [2.45, 2.75) is 61.3 Å². The Morgan fingerprint density at radius 3 is 2.59 bits per heavy atom. The van der Waals surface area contributed by atoms with Gasteiger partial charge in [0.2, 0.25) is 0 Å². The third kappa shape index (κ3) is 3.93. The number of hydrogen-bond donors (Lipinski definition) is 4. The van der Waals surface area contributed by atoms with Crippen molar-refractivity contribution < 1.29 is 23.4 Å². The van der Waals surface area contributed by atoms with E-state index in [4.69, 9.17) is 11.6 Å². The number of allylic oxidation sites excluding steroid dienone is 1. The summed E-state index contributed by atoms with van der Waals surface area (Å²) in [7, 11) is -4.05. The maximum atomic E-state index is 12.9. The summed E-state index contributed by atoms with van der Waals surface area (Å²) in [4.78, 5) is 11.8. The molecule has 1 aromatic carbocycles. The first-order valence-electron chi connectivity index (χ1n) is 8.89. The number of benzene rings is 1. The topological polar surface area (TPSA) is 116 Å². The third-order valence-electron chi connectivity index (χ3n) is 5.21. The molecule has 4 N–H and O–H groups in total. The van der Waals surface area contributed by atoms with Gasteiger partial charge < -0.3 is 20.8 Å². The highest BCUT2D eigenvalue weighted by atomic mass is 35.5. The van der Waals surface area contributed by atoms with Crippen molar-refractivity contribution in [3.8, 4) is 5.75 Å². The van der Waals surface area contributed by atoms with E-state index in [1.165, 1.54) is 12.1 Å². The molecule has 2 aliphatic rings. The van der Waals surface area contributed by atoms with Crippen molar-refractivity contribution >= 4 is 33.2 Å². The summed E-state index contributed by atoms with van der Waals surface area (Å²) < 4.78 is 25.8. The lowest BCUT2D eigenvalue weighted by Gasteiger charge is -2.20. The van der Waals surface area contributed by atoms with Crippen LogP contribution in [0.4, 0.5) is 10.5 Å². The lowest BCUT2D eigenvalue weighted by Crippen LogP contribution is -2.37. The normalized spacial score (nSPS) is 25.3. The van der Waals surface area contributed by atoms with E-state index in [0.717, 1.165) is 18.4 Å². The van der Waals surface area contributed by atoms with Crippen LogP contribution in [0, 0.1) is 0 Å². The fraction of sp³-hybridized carbons (Fsp3) is 0.500. The van der Waals surface area contributed by atoms with E-state index in [0.29, 0.717) is 19.3 Å². The van der Waals surface area contributed by atoms with E-state index in [-0.39, 0.29) is 16.8 Å². The number of sulfone groups is 1. The summed E-state index contributed by atoms with van der Waals surface area (Å²) in [5.74, 6) is -0.615. The molecule has 0 saturated heterocycles. The fourth-order valence-electron chi connectivity index (χ4n) is 3.69. The largest absolute Gasteiger partial charge is 0.504 e. The number of phenolic OH excluding ortho intramolecular Hbond substituents is 1. The maximum Gasteiger partial charge on any atom is 0.319 e. The van der Waals surface area contributed by atoms with Crippen LogP contribution in [0.5, 0.6) is 5.75 Å². The Balaban J connectivity index is 1.85. The number of carbonyl (C=O) groups is 1. The standard InChI is InChI=1S/C18H23ClN2O5S/c1-10-4-2-5-12(10)20-18(24)21-13-9-8-11(19)17(16(13)23)27(25,26)15-7-3-6-14(15)22/h4,8-9,12,14-15,22-23H,2-3,5-7H2,1H3,(H2,20,21,24)/t12-,14+,15+/m1/s1. The maximum absolute atomic E-state index is 12.9. The number of amides is 2. The van der Waals surface area contributed by atoms with Crippen LogP contribution in [0.1, 0.15) is 39.0 Å². The molecule has 2 amide bonds. The Bertz CT molecular complexity index is 884. The molecule has 1 aromatic rings. The summed E-state index contributed by atoms with van der Waals surface area (Å²) in [6, 6.07) is 2.03. The molecule has 1 saturated carbocycles. The number of phenols is 1. The van der Waals surface area contributed by atoms with Crippen LogP contribution < -0.4 is 10.6 Å². The zero-order chi connectivity index (χ0) is 19.8. The van der Waals surface area contributed by atoms with Gasteiger partial charge in [0.05, 0.1) is 28.1 Å². The van der Waals surface area contributed by atoms with E-state index >= 15 is 0 Å². The molecule has 27 heavy (non-hydrogen) atoms. The average Bonchev–Trinajstić information content (AvgIpc) is 3.19. The highest BCUT2D eigenvalue weighted by Crippen LogP contribution is 2.41. The third-order valence-corrected chi connectivity index (χ3v) is 7.97. The summed E-state index contributed by atoms with van der Waals surface area (Å²) in [5, 5.41) is 24.6. The van der Waals surface area contributed by atoms with E-state index in [1.807, 2.05) is 13.0 Å². The van der Waals surface area contributed by atoms with Gasteiger partial charge in [-0.2, -0.15) is 0 Å². The summed E-state index contributed by atoms with van der Waals surface area (Å²) >= 11 is 6.05. The predicted octanol–water partition coefficient (Wildman–Crippen LogP) is 2.96. The number of halogens is 1. The number of urea groups is 1. The molecule has 148 valence electrons. The first kappa shape index (κ1) is 20.0. The monoisotopic (exact) mass is 414 g/mol. The second-order valence-corrected chi connectivity index (χ2v) is 9.54. The molecule has 0 unspecified atom stereocenters. The molecule has 0 radical (unpaired) electrons. The Hall–Kier alpha value is -1.77. The molecule has 2 aliphatic carbocycles. The lowest BCUT2D eigenvalue weighted by molar-refractivity contribution is 0.185. The van der Waals surface area contributed by atoms with Crippen molar-refractivity contribution in [2.24, 2.45) is 0 Å². The quantitative estimate of drug-likeness (QED) is 0.446. The zero-order valence-corrected chi connectivity index (χ0v) is 16.5. The number of aliphatic hydroxyl groups excluding tert-OH is 1.